The Bertz CT molecular complexity index is 953. The first-order valence-electron chi connectivity index (χ1n) is 8.10. The molecule has 3 aromatic rings. The Balaban J connectivity index is 1.54. The molecule has 0 spiro atoms. The molecule has 0 fully saturated rings. The fourth-order valence-electron chi connectivity index (χ4n) is 2.81. The first-order valence-corrected chi connectivity index (χ1v) is 8.10. The number of hydrogen-bond acceptors (Lipinski definition) is 4. The van der Waals surface area contributed by atoms with Crippen molar-refractivity contribution in [1.82, 2.24) is 14.9 Å². The quantitative estimate of drug-likeness (QED) is 0.782. The zero-order valence-electron chi connectivity index (χ0n) is 14.0. The Morgan fingerprint density at radius 3 is 2.77 bits per heavy atom. The highest BCUT2D eigenvalue weighted by Gasteiger charge is 2.19. The first-order chi connectivity index (χ1) is 12.6. The number of amides is 1. The summed E-state index contributed by atoms with van der Waals surface area (Å²) in [5, 5.41) is 2.94. The van der Waals surface area contributed by atoms with Crippen molar-refractivity contribution in [2.45, 2.75) is 13.0 Å². The van der Waals surface area contributed by atoms with E-state index in [9.17, 15) is 9.18 Å². The third-order valence-electron chi connectivity index (χ3n) is 4.22. The zero-order chi connectivity index (χ0) is 18.1. The van der Waals surface area contributed by atoms with Gasteiger partial charge in [-0.3, -0.25) is 9.36 Å². The fourth-order valence-corrected chi connectivity index (χ4v) is 2.81. The molecule has 2 aromatic carbocycles. The molecule has 0 saturated heterocycles. The SMILES string of the molecule is C[C@H](NC(=O)c1cncn1-c1ccc(F)cc1)c1ccc2c(c1)OCO2. The topological polar surface area (TPSA) is 65.4 Å². The molecule has 1 amide bonds. The number of carbonyl (C=O) groups is 1. The zero-order valence-corrected chi connectivity index (χ0v) is 14.0. The predicted octanol–water partition coefficient (Wildman–Crippen LogP) is 3.23. The molecule has 0 bridgehead atoms. The molecule has 2 heterocycles. The van der Waals surface area contributed by atoms with Gasteiger partial charge in [0.25, 0.3) is 5.91 Å². The molecule has 1 atom stereocenters. The van der Waals surface area contributed by atoms with E-state index in [-0.39, 0.29) is 24.6 Å². The Morgan fingerprint density at radius 1 is 1.19 bits per heavy atom. The smallest absolute Gasteiger partial charge is 0.270 e. The van der Waals surface area contributed by atoms with E-state index in [4.69, 9.17) is 9.47 Å². The Morgan fingerprint density at radius 2 is 1.96 bits per heavy atom. The number of rotatable bonds is 4. The van der Waals surface area contributed by atoms with E-state index < -0.39 is 0 Å². The van der Waals surface area contributed by atoms with Crippen LogP contribution in [-0.2, 0) is 0 Å². The Hall–Kier alpha value is -3.35. The molecule has 1 aliphatic rings. The third-order valence-corrected chi connectivity index (χ3v) is 4.22. The number of nitrogens with zero attached hydrogens (tertiary/aromatic N) is 2. The van der Waals surface area contributed by atoms with Crippen LogP contribution in [0.4, 0.5) is 4.39 Å². The highest BCUT2D eigenvalue weighted by atomic mass is 19.1. The largest absolute Gasteiger partial charge is 0.454 e. The number of ether oxygens (including phenoxy) is 2. The van der Waals surface area contributed by atoms with Gasteiger partial charge in [0.05, 0.1) is 18.6 Å². The number of aromatic nitrogens is 2. The molecule has 1 N–H and O–H groups in total. The predicted molar refractivity (Wildman–Crippen MR) is 92.0 cm³/mol. The average Bonchev–Trinajstić information content (AvgIpc) is 3.31. The summed E-state index contributed by atoms with van der Waals surface area (Å²) in [4.78, 5) is 16.7. The number of imidazole rings is 1. The number of halogens is 1. The van der Waals surface area contributed by atoms with Crippen LogP contribution in [0.25, 0.3) is 5.69 Å². The molecule has 132 valence electrons. The van der Waals surface area contributed by atoms with Crippen molar-refractivity contribution in [2.24, 2.45) is 0 Å². The number of carbonyl (C=O) groups excluding carboxylic acids is 1. The van der Waals surface area contributed by atoms with Gasteiger partial charge >= 0.3 is 0 Å². The lowest BCUT2D eigenvalue weighted by atomic mass is 10.1. The van der Waals surface area contributed by atoms with Gasteiger partial charge in [-0.25, -0.2) is 9.37 Å². The van der Waals surface area contributed by atoms with Crippen molar-refractivity contribution in [3.05, 3.63) is 72.1 Å². The Labute approximate surface area is 149 Å². The summed E-state index contributed by atoms with van der Waals surface area (Å²) in [6.07, 6.45) is 3.00. The molecule has 0 saturated carbocycles. The van der Waals surface area contributed by atoms with Crippen molar-refractivity contribution in [3.63, 3.8) is 0 Å². The van der Waals surface area contributed by atoms with Crippen LogP contribution in [0.1, 0.15) is 29.0 Å². The summed E-state index contributed by atoms with van der Waals surface area (Å²) in [5.74, 6) is 0.745. The minimum Gasteiger partial charge on any atom is -0.454 e. The van der Waals surface area contributed by atoms with Crippen LogP contribution in [0.2, 0.25) is 0 Å². The van der Waals surface area contributed by atoms with Crippen LogP contribution in [-0.4, -0.2) is 22.3 Å². The van der Waals surface area contributed by atoms with Crippen LogP contribution in [0, 0.1) is 5.82 Å². The van der Waals surface area contributed by atoms with Gasteiger partial charge in [-0.1, -0.05) is 6.07 Å². The van der Waals surface area contributed by atoms with Crippen LogP contribution in [0.5, 0.6) is 11.5 Å². The van der Waals surface area contributed by atoms with Crippen molar-refractivity contribution >= 4 is 5.91 Å². The molecule has 0 unspecified atom stereocenters. The van der Waals surface area contributed by atoms with Crippen LogP contribution < -0.4 is 14.8 Å². The van der Waals surface area contributed by atoms with Crippen molar-refractivity contribution in [2.75, 3.05) is 6.79 Å². The lowest BCUT2D eigenvalue weighted by Crippen LogP contribution is -2.28. The Kier molecular flexibility index (Phi) is 4.04. The van der Waals surface area contributed by atoms with Gasteiger partial charge in [-0.05, 0) is 48.9 Å². The number of nitrogens with one attached hydrogen (secondary N) is 1. The van der Waals surface area contributed by atoms with E-state index in [0.29, 0.717) is 22.9 Å². The summed E-state index contributed by atoms with van der Waals surface area (Å²) >= 11 is 0. The van der Waals surface area contributed by atoms with Crippen molar-refractivity contribution < 1.29 is 18.7 Å². The second-order valence-electron chi connectivity index (χ2n) is 5.93. The lowest BCUT2D eigenvalue weighted by molar-refractivity contribution is 0.0933. The van der Waals surface area contributed by atoms with Crippen LogP contribution in [0.15, 0.2) is 55.0 Å². The summed E-state index contributed by atoms with van der Waals surface area (Å²) in [6, 6.07) is 11.2. The first kappa shape index (κ1) is 16.1. The number of fused-ring (bicyclic) bond motifs is 1. The molecule has 1 aliphatic heterocycles. The maximum Gasteiger partial charge on any atom is 0.270 e. The minimum absolute atomic E-state index is 0.205. The minimum atomic E-state index is -0.337. The van der Waals surface area contributed by atoms with E-state index in [0.717, 1.165) is 5.56 Å². The lowest BCUT2D eigenvalue weighted by Gasteiger charge is -2.15. The number of benzene rings is 2. The van der Waals surface area contributed by atoms with E-state index in [2.05, 4.69) is 10.3 Å². The molecule has 4 rings (SSSR count). The van der Waals surface area contributed by atoms with Crippen molar-refractivity contribution in [3.8, 4) is 17.2 Å². The van der Waals surface area contributed by atoms with Gasteiger partial charge < -0.3 is 14.8 Å². The molecule has 26 heavy (non-hydrogen) atoms. The molecule has 6 nitrogen and oxygen atoms in total. The van der Waals surface area contributed by atoms with Crippen molar-refractivity contribution in [1.29, 1.82) is 0 Å². The van der Waals surface area contributed by atoms with Gasteiger partial charge in [0, 0.05) is 5.69 Å². The molecule has 1 aromatic heterocycles. The molecular weight excluding hydrogens is 337 g/mol. The van der Waals surface area contributed by atoms with Gasteiger partial charge in [0.15, 0.2) is 11.5 Å². The molecule has 7 heteroatoms. The van der Waals surface area contributed by atoms with Crippen LogP contribution in [0.3, 0.4) is 0 Å². The normalized spacial score (nSPS) is 13.5. The third kappa shape index (κ3) is 2.99. The summed E-state index contributed by atoms with van der Waals surface area (Å²) in [5.41, 5.74) is 1.92. The summed E-state index contributed by atoms with van der Waals surface area (Å²) < 4.78 is 25.4. The summed E-state index contributed by atoms with van der Waals surface area (Å²) in [6.45, 7) is 2.09. The maximum absolute atomic E-state index is 13.1. The maximum atomic E-state index is 13.1. The van der Waals surface area contributed by atoms with Gasteiger partial charge in [0.1, 0.15) is 11.5 Å². The molecule has 0 radical (unpaired) electrons. The highest BCUT2D eigenvalue weighted by Crippen LogP contribution is 2.34. The standard InChI is InChI=1S/C19H16FN3O3/c1-12(13-2-7-17-18(8-13)26-11-25-17)22-19(24)16-9-21-10-23(16)15-5-3-14(20)4-6-15/h2-10,12H,11H2,1H3,(H,22,24)/t12-/m0/s1. The second kappa shape index (κ2) is 6.51. The van der Waals surface area contributed by atoms with E-state index in [1.54, 1.807) is 16.7 Å². The van der Waals surface area contributed by atoms with E-state index >= 15 is 0 Å². The summed E-state index contributed by atoms with van der Waals surface area (Å²) in [7, 11) is 0. The highest BCUT2D eigenvalue weighted by molar-refractivity contribution is 5.93. The van der Waals surface area contributed by atoms with E-state index in [1.807, 2.05) is 25.1 Å². The second-order valence-corrected chi connectivity index (χ2v) is 5.93. The van der Waals surface area contributed by atoms with E-state index in [1.165, 1.54) is 24.7 Å². The average molecular weight is 353 g/mol. The monoisotopic (exact) mass is 353 g/mol. The van der Waals surface area contributed by atoms with Gasteiger partial charge in [-0.15, -0.1) is 0 Å². The van der Waals surface area contributed by atoms with Gasteiger partial charge in [0.2, 0.25) is 6.79 Å². The van der Waals surface area contributed by atoms with Gasteiger partial charge in [-0.2, -0.15) is 0 Å². The number of hydrogen-bond donors (Lipinski definition) is 1. The van der Waals surface area contributed by atoms with Crippen LogP contribution >= 0.6 is 0 Å². The fraction of sp³-hybridized carbons (Fsp3) is 0.158. The molecule has 0 aliphatic carbocycles. The molecular formula is C19H16FN3O3.